The van der Waals surface area contributed by atoms with Crippen LogP contribution in [-0.2, 0) is 0 Å². The van der Waals surface area contributed by atoms with Gasteiger partial charge in [0.2, 0.25) is 0 Å². The first-order chi connectivity index (χ1) is 11.8. The van der Waals surface area contributed by atoms with Gasteiger partial charge in [-0.3, -0.25) is 4.98 Å². The van der Waals surface area contributed by atoms with Crippen molar-refractivity contribution in [1.82, 2.24) is 15.3 Å². The zero-order valence-corrected chi connectivity index (χ0v) is 13.4. The molecule has 4 rings (SSSR count). The first-order valence-corrected chi connectivity index (χ1v) is 8.41. The number of H-pyrrole nitrogens is 1. The number of nitrogens with zero attached hydrogens (tertiary/aromatic N) is 1. The normalized spacial score (nSPS) is 15.5. The largest absolute Gasteiger partial charge is 0.367 e. The number of halogens is 1. The van der Waals surface area contributed by atoms with E-state index in [1.165, 1.54) is 36.1 Å². The molecule has 1 saturated heterocycles. The van der Waals surface area contributed by atoms with Crippen molar-refractivity contribution in [1.29, 1.82) is 0 Å². The Morgan fingerprint density at radius 2 is 1.75 bits per heavy atom. The molecule has 3 nitrogen and oxygen atoms in total. The van der Waals surface area contributed by atoms with E-state index in [0.717, 1.165) is 29.9 Å². The Morgan fingerprint density at radius 1 is 0.958 bits per heavy atom. The molecule has 3 heterocycles. The van der Waals surface area contributed by atoms with Crippen molar-refractivity contribution in [3.8, 4) is 22.4 Å². The molecular formula is C20H20FN3. The van der Waals surface area contributed by atoms with Gasteiger partial charge in [0.25, 0.3) is 0 Å². The van der Waals surface area contributed by atoms with Gasteiger partial charge in [-0.25, -0.2) is 4.39 Å². The number of aromatic nitrogens is 2. The zero-order valence-electron chi connectivity index (χ0n) is 13.4. The molecule has 0 spiro atoms. The number of pyridine rings is 1. The standard InChI is InChI=1S/C20H20FN3/c21-17-3-1-15(2-4-17)20-11-16(7-10-24-20)19-13-23-12-18(19)14-5-8-22-9-6-14/h1-4,7,10-14,22-23H,5-6,8-9H2. The summed E-state index contributed by atoms with van der Waals surface area (Å²) in [5.74, 6) is 0.365. The Morgan fingerprint density at radius 3 is 2.54 bits per heavy atom. The van der Waals surface area contributed by atoms with Gasteiger partial charge in [0.15, 0.2) is 0 Å². The monoisotopic (exact) mass is 321 g/mol. The number of aromatic amines is 1. The molecule has 0 amide bonds. The molecule has 1 aliphatic rings. The van der Waals surface area contributed by atoms with Crippen LogP contribution in [0.15, 0.2) is 55.0 Å². The van der Waals surface area contributed by atoms with E-state index >= 15 is 0 Å². The molecule has 0 bridgehead atoms. The summed E-state index contributed by atoms with van der Waals surface area (Å²) in [7, 11) is 0. The summed E-state index contributed by atoms with van der Waals surface area (Å²) in [6.45, 7) is 2.15. The molecule has 122 valence electrons. The van der Waals surface area contributed by atoms with Gasteiger partial charge in [-0.2, -0.15) is 0 Å². The average molecular weight is 321 g/mol. The number of rotatable bonds is 3. The van der Waals surface area contributed by atoms with E-state index in [1.54, 1.807) is 12.1 Å². The lowest BCUT2D eigenvalue weighted by molar-refractivity contribution is 0.461. The lowest BCUT2D eigenvalue weighted by atomic mass is 9.87. The Kier molecular flexibility index (Phi) is 4.13. The highest BCUT2D eigenvalue weighted by Crippen LogP contribution is 2.34. The van der Waals surface area contributed by atoms with Crippen LogP contribution in [0, 0.1) is 5.82 Å². The van der Waals surface area contributed by atoms with Crippen LogP contribution in [0.25, 0.3) is 22.4 Å². The van der Waals surface area contributed by atoms with Crippen LogP contribution < -0.4 is 5.32 Å². The summed E-state index contributed by atoms with van der Waals surface area (Å²) in [5.41, 5.74) is 5.57. The Bertz CT molecular complexity index is 817. The number of nitrogens with one attached hydrogen (secondary N) is 2. The van der Waals surface area contributed by atoms with Crippen molar-refractivity contribution in [3.05, 3.63) is 66.4 Å². The molecule has 0 radical (unpaired) electrons. The third-order valence-electron chi connectivity index (χ3n) is 4.77. The van der Waals surface area contributed by atoms with Crippen LogP contribution in [-0.4, -0.2) is 23.1 Å². The van der Waals surface area contributed by atoms with Crippen LogP contribution in [0.2, 0.25) is 0 Å². The SMILES string of the molecule is Fc1ccc(-c2cc(-c3c[nH]cc3C3CCNCC3)ccn2)cc1. The minimum Gasteiger partial charge on any atom is -0.367 e. The summed E-state index contributed by atoms with van der Waals surface area (Å²) >= 11 is 0. The summed E-state index contributed by atoms with van der Waals surface area (Å²) in [5, 5.41) is 3.42. The Labute approximate surface area is 141 Å². The van der Waals surface area contributed by atoms with Gasteiger partial charge in [0.1, 0.15) is 5.82 Å². The second-order valence-electron chi connectivity index (χ2n) is 6.29. The molecule has 0 aliphatic carbocycles. The number of benzene rings is 1. The summed E-state index contributed by atoms with van der Waals surface area (Å²) in [6, 6.07) is 10.6. The van der Waals surface area contributed by atoms with Crippen molar-refractivity contribution < 1.29 is 4.39 Å². The Balaban J connectivity index is 1.69. The number of hydrogen-bond acceptors (Lipinski definition) is 2. The summed E-state index contributed by atoms with van der Waals surface area (Å²) < 4.78 is 13.1. The van der Waals surface area contributed by atoms with Gasteiger partial charge in [0, 0.05) is 29.7 Å². The Hall–Kier alpha value is -2.46. The molecule has 24 heavy (non-hydrogen) atoms. The summed E-state index contributed by atoms with van der Waals surface area (Å²) in [4.78, 5) is 7.72. The van der Waals surface area contributed by atoms with Crippen molar-refractivity contribution in [3.63, 3.8) is 0 Å². The van der Waals surface area contributed by atoms with Crippen LogP contribution in [0.1, 0.15) is 24.3 Å². The molecule has 0 atom stereocenters. The van der Waals surface area contributed by atoms with Gasteiger partial charge < -0.3 is 10.3 Å². The molecule has 0 saturated carbocycles. The van der Waals surface area contributed by atoms with E-state index in [1.807, 2.05) is 12.3 Å². The first-order valence-electron chi connectivity index (χ1n) is 8.41. The van der Waals surface area contributed by atoms with Crippen LogP contribution >= 0.6 is 0 Å². The fourth-order valence-electron chi connectivity index (χ4n) is 3.47. The molecule has 1 aromatic carbocycles. The lowest BCUT2D eigenvalue weighted by Gasteiger charge is -2.23. The third kappa shape index (κ3) is 2.97. The van der Waals surface area contributed by atoms with Gasteiger partial charge in [0.05, 0.1) is 5.69 Å². The van der Waals surface area contributed by atoms with Gasteiger partial charge >= 0.3 is 0 Å². The molecule has 0 unspecified atom stereocenters. The minimum absolute atomic E-state index is 0.228. The van der Waals surface area contributed by atoms with Gasteiger partial charge in [-0.15, -0.1) is 0 Å². The predicted octanol–water partition coefficient (Wildman–Crippen LogP) is 4.35. The molecule has 1 fully saturated rings. The maximum absolute atomic E-state index is 13.1. The second kappa shape index (κ2) is 6.57. The van der Waals surface area contributed by atoms with E-state index in [0.29, 0.717) is 5.92 Å². The van der Waals surface area contributed by atoms with Crippen LogP contribution in [0.3, 0.4) is 0 Å². The fraction of sp³-hybridized carbons (Fsp3) is 0.250. The lowest BCUT2D eigenvalue weighted by Crippen LogP contribution is -2.26. The van der Waals surface area contributed by atoms with E-state index in [-0.39, 0.29) is 5.82 Å². The number of piperidine rings is 1. The van der Waals surface area contributed by atoms with Crippen molar-refractivity contribution in [2.75, 3.05) is 13.1 Å². The van der Waals surface area contributed by atoms with Crippen molar-refractivity contribution in [2.45, 2.75) is 18.8 Å². The zero-order chi connectivity index (χ0) is 16.4. The third-order valence-corrected chi connectivity index (χ3v) is 4.77. The molecule has 4 heteroatoms. The quantitative estimate of drug-likeness (QED) is 0.753. The van der Waals surface area contributed by atoms with E-state index in [2.05, 4.69) is 33.7 Å². The van der Waals surface area contributed by atoms with E-state index in [4.69, 9.17) is 0 Å². The average Bonchev–Trinajstić information content (AvgIpc) is 3.13. The van der Waals surface area contributed by atoms with E-state index in [9.17, 15) is 4.39 Å². The maximum atomic E-state index is 13.1. The fourth-order valence-corrected chi connectivity index (χ4v) is 3.47. The maximum Gasteiger partial charge on any atom is 0.123 e. The first kappa shape index (κ1) is 15.1. The smallest absolute Gasteiger partial charge is 0.123 e. The molecular weight excluding hydrogens is 301 g/mol. The van der Waals surface area contributed by atoms with Crippen molar-refractivity contribution in [2.24, 2.45) is 0 Å². The second-order valence-corrected chi connectivity index (χ2v) is 6.29. The van der Waals surface area contributed by atoms with E-state index < -0.39 is 0 Å². The van der Waals surface area contributed by atoms with Crippen LogP contribution in [0.5, 0.6) is 0 Å². The summed E-state index contributed by atoms with van der Waals surface area (Å²) in [6.07, 6.45) is 8.36. The van der Waals surface area contributed by atoms with Gasteiger partial charge in [-0.05, 0) is 79.4 Å². The predicted molar refractivity (Wildman–Crippen MR) is 94.3 cm³/mol. The molecule has 2 aromatic heterocycles. The highest BCUT2D eigenvalue weighted by molar-refractivity contribution is 5.72. The highest BCUT2D eigenvalue weighted by Gasteiger charge is 2.19. The van der Waals surface area contributed by atoms with Crippen LogP contribution in [0.4, 0.5) is 4.39 Å². The van der Waals surface area contributed by atoms with Crippen molar-refractivity contribution >= 4 is 0 Å². The van der Waals surface area contributed by atoms with Gasteiger partial charge in [-0.1, -0.05) is 0 Å². The highest BCUT2D eigenvalue weighted by atomic mass is 19.1. The molecule has 2 N–H and O–H groups in total. The molecule has 1 aliphatic heterocycles. The molecule has 3 aromatic rings. The number of hydrogen-bond donors (Lipinski definition) is 2. The minimum atomic E-state index is -0.228. The topological polar surface area (TPSA) is 40.7 Å².